The first-order chi connectivity index (χ1) is 17.6. The van der Waals surface area contributed by atoms with Gasteiger partial charge >= 0.3 is 6.09 Å². The molecule has 0 aliphatic heterocycles. The summed E-state index contributed by atoms with van der Waals surface area (Å²) >= 11 is 0. The molecule has 0 aliphatic rings. The van der Waals surface area contributed by atoms with Crippen molar-refractivity contribution in [3.05, 3.63) is 102 Å². The Morgan fingerprint density at radius 2 is 1.36 bits per heavy atom. The first-order valence-corrected chi connectivity index (χ1v) is 12.7. The van der Waals surface area contributed by atoms with Crippen LogP contribution in [0, 0.1) is 0 Å². The number of carbonyl (C=O) groups excluding carboxylic acids is 1. The fourth-order valence-electron chi connectivity index (χ4n) is 3.84. The molecular weight excluding hydrogens is 450 g/mol. The second kappa shape index (κ2) is 15.6. The number of nitrogens with zero attached hydrogens (tertiary/aromatic N) is 2. The summed E-state index contributed by atoms with van der Waals surface area (Å²) in [5.74, 6) is 0.908. The number of ether oxygens (including phenoxy) is 2. The van der Waals surface area contributed by atoms with Crippen LogP contribution >= 0.6 is 0 Å². The van der Waals surface area contributed by atoms with Crippen molar-refractivity contribution in [3.63, 3.8) is 0 Å². The summed E-state index contributed by atoms with van der Waals surface area (Å²) in [6.45, 7) is 5.12. The van der Waals surface area contributed by atoms with Gasteiger partial charge in [0.25, 0.3) is 0 Å². The lowest BCUT2D eigenvalue weighted by Gasteiger charge is -2.23. The molecule has 0 fully saturated rings. The van der Waals surface area contributed by atoms with Crippen LogP contribution in [0.4, 0.5) is 4.79 Å². The van der Waals surface area contributed by atoms with Crippen LogP contribution in [0.5, 0.6) is 5.75 Å². The van der Waals surface area contributed by atoms with Gasteiger partial charge in [-0.1, -0.05) is 72.8 Å². The van der Waals surface area contributed by atoms with Crippen molar-refractivity contribution in [2.75, 3.05) is 40.3 Å². The van der Waals surface area contributed by atoms with Gasteiger partial charge in [-0.05, 0) is 55.8 Å². The molecule has 36 heavy (non-hydrogen) atoms. The van der Waals surface area contributed by atoms with E-state index in [0.717, 1.165) is 56.9 Å². The molecule has 0 bridgehead atoms. The van der Waals surface area contributed by atoms with E-state index in [0.29, 0.717) is 6.54 Å². The Kier molecular flexibility index (Phi) is 11.8. The minimum absolute atomic E-state index is 0.280. The third kappa shape index (κ3) is 10.9. The Hall–Kier alpha value is -3.35. The summed E-state index contributed by atoms with van der Waals surface area (Å²) in [5.41, 5.74) is 3.49. The molecule has 0 aromatic heterocycles. The molecule has 3 rings (SSSR count). The Morgan fingerprint density at radius 1 is 0.750 bits per heavy atom. The van der Waals surface area contributed by atoms with Crippen molar-refractivity contribution in [2.45, 2.75) is 32.5 Å². The quantitative estimate of drug-likeness (QED) is 0.292. The molecule has 0 unspecified atom stereocenters. The summed E-state index contributed by atoms with van der Waals surface area (Å²) in [6.07, 6.45) is 1.46. The zero-order valence-electron chi connectivity index (χ0n) is 21.6. The van der Waals surface area contributed by atoms with E-state index in [2.05, 4.69) is 77.7 Å². The average molecular weight is 490 g/mol. The number of hydrogen-bond donors (Lipinski definition) is 1. The summed E-state index contributed by atoms with van der Waals surface area (Å²) < 4.78 is 11.2. The molecule has 1 N–H and O–H groups in total. The van der Waals surface area contributed by atoms with E-state index in [-0.39, 0.29) is 12.7 Å². The fraction of sp³-hybridized carbons (Fsp3) is 0.367. The number of carbonyl (C=O) groups is 1. The van der Waals surface area contributed by atoms with Gasteiger partial charge in [-0.2, -0.15) is 0 Å². The van der Waals surface area contributed by atoms with Crippen molar-refractivity contribution < 1.29 is 14.3 Å². The summed E-state index contributed by atoms with van der Waals surface area (Å²) in [7, 11) is 4.15. The van der Waals surface area contributed by atoms with Crippen molar-refractivity contribution in [1.29, 1.82) is 0 Å². The van der Waals surface area contributed by atoms with Gasteiger partial charge in [0.15, 0.2) is 0 Å². The van der Waals surface area contributed by atoms with Crippen molar-refractivity contribution >= 4 is 6.09 Å². The van der Waals surface area contributed by atoms with Gasteiger partial charge in [-0.15, -0.1) is 0 Å². The Balaban J connectivity index is 1.45. The highest BCUT2D eigenvalue weighted by Gasteiger charge is 2.09. The predicted molar refractivity (Wildman–Crippen MR) is 145 cm³/mol. The topological polar surface area (TPSA) is 54.0 Å². The molecule has 1 amide bonds. The van der Waals surface area contributed by atoms with Crippen LogP contribution in [0.1, 0.15) is 29.5 Å². The third-order valence-electron chi connectivity index (χ3n) is 5.73. The number of alkyl carbamates (subject to hydrolysis) is 1. The summed E-state index contributed by atoms with van der Waals surface area (Å²) in [6, 6.07) is 28.6. The molecule has 3 aromatic carbocycles. The number of hydrogen-bond acceptors (Lipinski definition) is 5. The second-order valence-electron chi connectivity index (χ2n) is 9.19. The molecule has 0 saturated carbocycles. The summed E-state index contributed by atoms with van der Waals surface area (Å²) in [4.78, 5) is 16.6. The maximum Gasteiger partial charge on any atom is 0.407 e. The smallest absolute Gasteiger partial charge is 0.407 e. The lowest BCUT2D eigenvalue weighted by atomic mass is 10.1. The molecule has 0 aliphatic carbocycles. The zero-order chi connectivity index (χ0) is 25.4. The molecule has 0 heterocycles. The van der Waals surface area contributed by atoms with Gasteiger partial charge in [-0.3, -0.25) is 4.90 Å². The van der Waals surface area contributed by atoms with E-state index in [1.165, 1.54) is 11.1 Å². The highest BCUT2D eigenvalue weighted by atomic mass is 16.5. The van der Waals surface area contributed by atoms with Crippen LogP contribution in [0.25, 0.3) is 0 Å². The van der Waals surface area contributed by atoms with Crippen molar-refractivity contribution in [1.82, 2.24) is 15.1 Å². The fourth-order valence-corrected chi connectivity index (χ4v) is 3.84. The highest BCUT2D eigenvalue weighted by Crippen LogP contribution is 2.16. The molecule has 6 nitrogen and oxygen atoms in total. The largest absolute Gasteiger partial charge is 0.494 e. The highest BCUT2D eigenvalue weighted by molar-refractivity contribution is 5.67. The molecule has 0 atom stereocenters. The standard InChI is InChI=1S/C30H39N3O3/c1-32(2)20-10-22-35-29-17-15-27(16-18-29)24-33(23-26-11-5-3-6-12-26)21-9-19-31-30(34)36-25-28-13-7-4-8-14-28/h3-8,11-18H,9-10,19-25H2,1-2H3,(H,31,34). The van der Waals surface area contributed by atoms with Crippen LogP contribution in [0.3, 0.4) is 0 Å². The van der Waals surface area contributed by atoms with Gasteiger partial charge in [0, 0.05) is 32.7 Å². The third-order valence-corrected chi connectivity index (χ3v) is 5.73. The van der Waals surface area contributed by atoms with Crippen molar-refractivity contribution in [3.8, 4) is 5.75 Å². The maximum atomic E-state index is 12.0. The Bertz CT molecular complexity index is 995. The lowest BCUT2D eigenvalue weighted by Crippen LogP contribution is -2.30. The monoisotopic (exact) mass is 489 g/mol. The first kappa shape index (κ1) is 27.2. The van der Waals surface area contributed by atoms with E-state index < -0.39 is 0 Å². The molecule has 0 spiro atoms. The maximum absolute atomic E-state index is 12.0. The Morgan fingerprint density at radius 3 is 2.00 bits per heavy atom. The van der Waals surface area contributed by atoms with Gasteiger partial charge in [0.05, 0.1) is 6.61 Å². The minimum Gasteiger partial charge on any atom is -0.494 e. The molecule has 0 radical (unpaired) electrons. The van der Waals surface area contributed by atoms with Crippen LogP contribution < -0.4 is 10.1 Å². The molecule has 0 saturated heterocycles. The van der Waals surface area contributed by atoms with E-state index in [9.17, 15) is 4.79 Å². The predicted octanol–water partition coefficient (Wildman–Crippen LogP) is 5.34. The average Bonchev–Trinajstić information content (AvgIpc) is 2.90. The van der Waals surface area contributed by atoms with Crippen molar-refractivity contribution in [2.24, 2.45) is 0 Å². The van der Waals surface area contributed by atoms with Gasteiger partial charge in [0.2, 0.25) is 0 Å². The minimum atomic E-state index is -0.380. The van der Waals surface area contributed by atoms with Crippen LogP contribution in [-0.4, -0.2) is 56.2 Å². The molecule has 6 heteroatoms. The molecule has 192 valence electrons. The van der Waals surface area contributed by atoms with Gasteiger partial charge in [0.1, 0.15) is 12.4 Å². The van der Waals surface area contributed by atoms with E-state index >= 15 is 0 Å². The normalized spacial score (nSPS) is 11.0. The number of benzene rings is 3. The zero-order valence-corrected chi connectivity index (χ0v) is 21.6. The first-order valence-electron chi connectivity index (χ1n) is 12.7. The number of rotatable bonds is 15. The van der Waals surface area contributed by atoms with Crippen LogP contribution in [0.2, 0.25) is 0 Å². The summed E-state index contributed by atoms with van der Waals surface area (Å²) in [5, 5.41) is 2.87. The second-order valence-corrected chi connectivity index (χ2v) is 9.19. The van der Waals surface area contributed by atoms with Gasteiger partial charge in [-0.25, -0.2) is 4.79 Å². The van der Waals surface area contributed by atoms with E-state index in [1.807, 2.05) is 36.4 Å². The lowest BCUT2D eigenvalue weighted by molar-refractivity contribution is 0.139. The number of nitrogens with one attached hydrogen (secondary N) is 1. The Labute approximate surface area is 215 Å². The van der Waals surface area contributed by atoms with E-state index in [1.54, 1.807) is 0 Å². The molecular formula is C30H39N3O3. The molecule has 3 aromatic rings. The van der Waals surface area contributed by atoms with Gasteiger partial charge < -0.3 is 19.7 Å². The van der Waals surface area contributed by atoms with Crippen LogP contribution in [0.15, 0.2) is 84.9 Å². The van der Waals surface area contributed by atoms with E-state index in [4.69, 9.17) is 9.47 Å². The SMILES string of the molecule is CN(C)CCCOc1ccc(CN(CCCNC(=O)OCc2ccccc2)Cc2ccccc2)cc1. The van der Waals surface area contributed by atoms with Crippen LogP contribution in [-0.2, 0) is 24.4 Å². The number of amides is 1.